The minimum Gasteiger partial charge on any atom is -0.396 e. The summed E-state index contributed by atoms with van der Waals surface area (Å²) in [4.78, 5) is 0. The molecule has 2 aliphatic heterocycles. The van der Waals surface area contributed by atoms with E-state index in [4.69, 9.17) is 9.47 Å². The second kappa shape index (κ2) is 5.71. The molecule has 3 rings (SSSR count). The standard InChI is InChI=1S/C20H36O3/c1-18(2,12-21)8-13-9-20(5,6)23-17(13)16-7-15(16)14-10-19(3,4)22-11-14/h13-17,21H,7-12H2,1-6H3. The van der Waals surface area contributed by atoms with Gasteiger partial charge in [0.25, 0.3) is 0 Å². The SMILES string of the molecule is CC(C)(CO)CC1CC(C)(C)OC1C1CC1C1COC(C)(C)C1. The predicted octanol–water partition coefficient (Wildman–Crippen LogP) is 4.03. The first-order valence-corrected chi connectivity index (χ1v) is 9.45. The van der Waals surface area contributed by atoms with Crippen LogP contribution in [-0.2, 0) is 9.47 Å². The first-order valence-electron chi connectivity index (χ1n) is 9.45. The van der Waals surface area contributed by atoms with Crippen LogP contribution in [0.4, 0.5) is 0 Å². The van der Waals surface area contributed by atoms with Crippen molar-refractivity contribution in [3.63, 3.8) is 0 Å². The summed E-state index contributed by atoms with van der Waals surface area (Å²) in [5, 5.41) is 9.65. The third-order valence-corrected chi connectivity index (χ3v) is 6.28. The molecule has 23 heavy (non-hydrogen) atoms. The molecule has 1 aliphatic carbocycles. The topological polar surface area (TPSA) is 38.7 Å². The molecule has 1 saturated carbocycles. The van der Waals surface area contributed by atoms with Crippen molar-refractivity contribution in [1.29, 1.82) is 0 Å². The van der Waals surface area contributed by atoms with E-state index in [2.05, 4.69) is 41.5 Å². The van der Waals surface area contributed by atoms with E-state index in [1.165, 1.54) is 12.8 Å². The molecule has 0 aromatic carbocycles. The van der Waals surface area contributed by atoms with Crippen molar-refractivity contribution in [2.75, 3.05) is 13.2 Å². The van der Waals surface area contributed by atoms with Gasteiger partial charge in [-0.25, -0.2) is 0 Å². The molecule has 0 aromatic heterocycles. The van der Waals surface area contributed by atoms with Crippen molar-refractivity contribution in [1.82, 2.24) is 0 Å². The highest BCUT2D eigenvalue weighted by Crippen LogP contribution is 2.57. The van der Waals surface area contributed by atoms with Gasteiger partial charge in [0.15, 0.2) is 0 Å². The van der Waals surface area contributed by atoms with Crippen LogP contribution >= 0.6 is 0 Å². The first kappa shape index (κ1) is 17.7. The Hall–Kier alpha value is -0.120. The van der Waals surface area contributed by atoms with Gasteiger partial charge in [-0.2, -0.15) is 0 Å². The van der Waals surface area contributed by atoms with Crippen LogP contribution in [0.5, 0.6) is 0 Å². The number of hydrogen-bond acceptors (Lipinski definition) is 3. The lowest BCUT2D eigenvalue weighted by atomic mass is 9.77. The summed E-state index contributed by atoms with van der Waals surface area (Å²) >= 11 is 0. The van der Waals surface area contributed by atoms with Crippen molar-refractivity contribution >= 4 is 0 Å². The zero-order chi connectivity index (χ0) is 17.0. The molecule has 2 saturated heterocycles. The molecule has 3 aliphatic rings. The van der Waals surface area contributed by atoms with Gasteiger partial charge in [0.05, 0.1) is 23.9 Å². The molecule has 3 fully saturated rings. The largest absolute Gasteiger partial charge is 0.396 e. The lowest BCUT2D eigenvalue weighted by molar-refractivity contribution is -0.0381. The van der Waals surface area contributed by atoms with Crippen LogP contribution in [0.15, 0.2) is 0 Å². The Labute approximate surface area is 142 Å². The smallest absolute Gasteiger partial charge is 0.0642 e. The number of aliphatic hydroxyl groups is 1. The van der Waals surface area contributed by atoms with E-state index in [9.17, 15) is 5.11 Å². The fourth-order valence-electron chi connectivity index (χ4n) is 5.17. The van der Waals surface area contributed by atoms with Crippen LogP contribution in [0.3, 0.4) is 0 Å². The van der Waals surface area contributed by atoms with Gasteiger partial charge < -0.3 is 14.6 Å². The van der Waals surface area contributed by atoms with Crippen molar-refractivity contribution in [3.8, 4) is 0 Å². The zero-order valence-electron chi connectivity index (χ0n) is 15.9. The van der Waals surface area contributed by atoms with E-state index >= 15 is 0 Å². The molecule has 2 heterocycles. The van der Waals surface area contributed by atoms with Crippen LogP contribution in [0.2, 0.25) is 0 Å². The average molecular weight is 325 g/mol. The fraction of sp³-hybridized carbons (Fsp3) is 1.00. The Kier molecular flexibility index (Phi) is 4.39. The van der Waals surface area contributed by atoms with E-state index in [1.807, 2.05) is 0 Å². The highest BCUT2D eigenvalue weighted by Gasteiger charge is 2.56. The minimum atomic E-state index is -0.0144. The lowest BCUT2D eigenvalue weighted by Gasteiger charge is -2.28. The first-order chi connectivity index (χ1) is 10.5. The third kappa shape index (κ3) is 3.93. The van der Waals surface area contributed by atoms with Gasteiger partial charge in [0, 0.05) is 6.61 Å². The maximum Gasteiger partial charge on any atom is 0.0642 e. The van der Waals surface area contributed by atoms with Crippen LogP contribution in [0.25, 0.3) is 0 Å². The lowest BCUT2D eigenvalue weighted by Crippen LogP contribution is -2.28. The minimum absolute atomic E-state index is 0.00442. The summed E-state index contributed by atoms with van der Waals surface area (Å²) < 4.78 is 12.5. The van der Waals surface area contributed by atoms with Gasteiger partial charge in [-0.3, -0.25) is 0 Å². The summed E-state index contributed by atoms with van der Waals surface area (Å²) in [6.07, 6.45) is 5.06. The summed E-state index contributed by atoms with van der Waals surface area (Å²) in [7, 11) is 0. The monoisotopic (exact) mass is 324 g/mol. The highest BCUT2D eigenvalue weighted by molar-refractivity contribution is 5.05. The van der Waals surface area contributed by atoms with Crippen LogP contribution in [0, 0.1) is 29.1 Å². The Morgan fingerprint density at radius 1 is 1.04 bits per heavy atom. The van der Waals surface area contributed by atoms with Gasteiger partial charge in [-0.1, -0.05) is 13.8 Å². The molecule has 1 N–H and O–H groups in total. The normalized spacial score (nSPS) is 42.1. The van der Waals surface area contributed by atoms with Gasteiger partial charge in [-0.05, 0) is 82.5 Å². The van der Waals surface area contributed by atoms with Gasteiger partial charge in [-0.15, -0.1) is 0 Å². The Balaban J connectivity index is 1.64. The fourth-order valence-corrected chi connectivity index (χ4v) is 5.17. The summed E-state index contributed by atoms with van der Waals surface area (Å²) in [5.41, 5.74) is 0.0426. The van der Waals surface area contributed by atoms with Crippen molar-refractivity contribution in [3.05, 3.63) is 0 Å². The maximum atomic E-state index is 9.65. The van der Waals surface area contributed by atoms with Crippen molar-refractivity contribution in [2.24, 2.45) is 29.1 Å². The van der Waals surface area contributed by atoms with Crippen molar-refractivity contribution < 1.29 is 14.6 Å². The Bertz CT molecular complexity index is 440. The van der Waals surface area contributed by atoms with Crippen LogP contribution in [0.1, 0.15) is 67.2 Å². The summed E-state index contributed by atoms with van der Waals surface area (Å²) in [6.45, 7) is 14.4. The average Bonchev–Trinajstić information content (AvgIpc) is 3.04. The molecule has 134 valence electrons. The zero-order valence-corrected chi connectivity index (χ0v) is 15.9. The van der Waals surface area contributed by atoms with Gasteiger partial charge >= 0.3 is 0 Å². The van der Waals surface area contributed by atoms with E-state index in [-0.39, 0.29) is 23.2 Å². The second-order valence-corrected chi connectivity index (χ2v) is 10.4. The number of ether oxygens (including phenoxy) is 2. The summed E-state index contributed by atoms with van der Waals surface area (Å²) in [6, 6.07) is 0. The Morgan fingerprint density at radius 3 is 2.30 bits per heavy atom. The quantitative estimate of drug-likeness (QED) is 0.830. The second-order valence-electron chi connectivity index (χ2n) is 10.4. The van der Waals surface area contributed by atoms with E-state index in [1.54, 1.807) is 0 Å². The van der Waals surface area contributed by atoms with Gasteiger partial charge in [0.2, 0.25) is 0 Å². The number of rotatable bonds is 5. The molecular weight excluding hydrogens is 288 g/mol. The van der Waals surface area contributed by atoms with Crippen molar-refractivity contribution in [2.45, 2.75) is 84.5 Å². The molecule has 0 bridgehead atoms. The molecule has 3 nitrogen and oxygen atoms in total. The van der Waals surface area contributed by atoms with E-state index in [0.29, 0.717) is 23.9 Å². The molecule has 0 radical (unpaired) electrons. The molecule has 0 aromatic rings. The molecule has 5 unspecified atom stereocenters. The number of hydrogen-bond donors (Lipinski definition) is 1. The highest BCUT2D eigenvalue weighted by atomic mass is 16.5. The van der Waals surface area contributed by atoms with E-state index in [0.717, 1.165) is 25.4 Å². The van der Waals surface area contributed by atoms with Crippen LogP contribution < -0.4 is 0 Å². The molecular formula is C20H36O3. The third-order valence-electron chi connectivity index (χ3n) is 6.28. The molecule has 0 amide bonds. The number of aliphatic hydroxyl groups excluding tert-OH is 1. The predicted molar refractivity (Wildman–Crippen MR) is 92.3 cm³/mol. The molecule has 5 atom stereocenters. The maximum absolute atomic E-state index is 9.65. The van der Waals surface area contributed by atoms with Gasteiger partial charge in [0.1, 0.15) is 0 Å². The van der Waals surface area contributed by atoms with Crippen LogP contribution in [-0.4, -0.2) is 35.6 Å². The Morgan fingerprint density at radius 2 is 1.74 bits per heavy atom. The molecule has 3 heteroatoms. The van der Waals surface area contributed by atoms with E-state index < -0.39 is 0 Å². The summed E-state index contributed by atoms with van der Waals surface area (Å²) in [5.74, 6) is 2.79. The molecule has 0 spiro atoms.